The number of carbonyl (C=O) groups excluding carboxylic acids is 1. The van der Waals surface area contributed by atoms with Crippen molar-refractivity contribution in [1.82, 2.24) is 5.32 Å². The van der Waals surface area contributed by atoms with Gasteiger partial charge in [-0.1, -0.05) is 41.9 Å². The van der Waals surface area contributed by atoms with Crippen LogP contribution in [0.15, 0.2) is 66.7 Å². The number of amides is 1. The van der Waals surface area contributed by atoms with Gasteiger partial charge in [-0.2, -0.15) is 0 Å². The van der Waals surface area contributed by atoms with E-state index in [9.17, 15) is 9.59 Å². The van der Waals surface area contributed by atoms with E-state index in [2.05, 4.69) is 29.6 Å². The van der Waals surface area contributed by atoms with Gasteiger partial charge in [0.2, 0.25) is 0 Å². The largest absolute Gasteiger partial charge is 0.506 e. The molecule has 3 aromatic carbocycles. The van der Waals surface area contributed by atoms with E-state index in [0.29, 0.717) is 52.3 Å². The Balaban J connectivity index is 1.21. The smallest absolute Gasteiger partial charge is 0.493 e. The van der Waals surface area contributed by atoms with Crippen molar-refractivity contribution in [1.29, 1.82) is 0 Å². The minimum Gasteiger partial charge on any atom is -0.493 e. The lowest BCUT2D eigenvalue weighted by Crippen LogP contribution is -2.32. The van der Waals surface area contributed by atoms with Crippen molar-refractivity contribution in [3.63, 3.8) is 0 Å². The summed E-state index contributed by atoms with van der Waals surface area (Å²) in [6, 6.07) is 20.7. The number of carbonyl (C=O) groups is 2. The molecule has 0 spiro atoms. The minimum atomic E-state index is -1.35. The molecule has 3 aromatic rings. The number of halogens is 1. The summed E-state index contributed by atoms with van der Waals surface area (Å²) in [4.78, 5) is 23.8. The van der Waals surface area contributed by atoms with Crippen LogP contribution < -0.4 is 14.8 Å². The molecule has 186 valence electrons. The zero-order chi connectivity index (χ0) is 25.1. The Kier molecular flexibility index (Phi) is 7.00. The lowest BCUT2D eigenvalue weighted by Gasteiger charge is -2.25. The van der Waals surface area contributed by atoms with E-state index in [1.165, 1.54) is 5.56 Å². The van der Waals surface area contributed by atoms with Gasteiger partial charge in [0.25, 0.3) is 5.91 Å². The number of carboxylic acid groups (broad SMARTS) is 1. The molecule has 0 radical (unpaired) electrons. The third kappa shape index (κ3) is 5.41. The fraction of sp³-hybridized carbons (Fsp3) is 0.286. The van der Waals surface area contributed by atoms with Gasteiger partial charge in [-0.25, -0.2) is 4.79 Å². The molecule has 1 saturated carbocycles. The van der Waals surface area contributed by atoms with Crippen molar-refractivity contribution < 1.29 is 28.9 Å². The van der Waals surface area contributed by atoms with E-state index in [0.717, 1.165) is 19.3 Å². The number of fused-ring (bicyclic) bond motifs is 1. The molecule has 36 heavy (non-hydrogen) atoms. The van der Waals surface area contributed by atoms with E-state index in [4.69, 9.17) is 30.9 Å². The standard InChI is InChI=1S/C28H26ClNO6/c29-23-15-22-24(36-28(32)33)12-13-34-25(22)16-26(23)35-21-10-7-18(8-11-21)27(31)30-20-9-6-19(14-20)17-4-2-1-3-5-17/h1-5,7-8,10-11,15-16,19-20,24H,6,9,12-14H2,(H,30,31)(H,32,33). The van der Waals surface area contributed by atoms with Gasteiger partial charge in [-0.15, -0.1) is 0 Å². The summed E-state index contributed by atoms with van der Waals surface area (Å²) >= 11 is 6.40. The number of benzene rings is 3. The summed E-state index contributed by atoms with van der Waals surface area (Å²) in [5.74, 6) is 1.70. The topological polar surface area (TPSA) is 94.1 Å². The first-order chi connectivity index (χ1) is 17.5. The monoisotopic (exact) mass is 507 g/mol. The van der Waals surface area contributed by atoms with Crippen LogP contribution in [0.3, 0.4) is 0 Å². The van der Waals surface area contributed by atoms with Crippen LogP contribution in [0.4, 0.5) is 4.79 Å². The van der Waals surface area contributed by atoms with Crippen LogP contribution in [-0.2, 0) is 4.74 Å². The van der Waals surface area contributed by atoms with Gasteiger partial charge < -0.3 is 24.6 Å². The third-order valence-electron chi connectivity index (χ3n) is 6.68. The average molecular weight is 508 g/mol. The number of hydrogen-bond donors (Lipinski definition) is 2. The Hall–Kier alpha value is -3.71. The molecule has 0 saturated heterocycles. The van der Waals surface area contributed by atoms with Crippen molar-refractivity contribution in [3.8, 4) is 17.2 Å². The van der Waals surface area contributed by atoms with Crippen molar-refractivity contribution >= 4 is 23.7 Å². The highest BCUT2D eigenvalue weighted by Gasteiger charge is 2.28. The molecule has 1 fully saturated rings. The first kappa shape index (κ1) is 24.0. The number of ether oxygens (including phenoxy) is 3. The molecule has 1 aliphatic heterocycles. The summed E-state index contributed by atoms with van der Waals surface area (Å²) in [5, 5.41) is 12.4. The lowest BCUT2D eigenvalue weighted by molar-refractivity contribution is 0.0326. The molecule has 1 aliphatic carbocycles. The van der Waals surface area contributed by atoms with Crippen molar-refractivity contribution in [2.75, 3.05) is 6.61 Å². The highest BCUT2D eigenvalue weighted by atomic mass is 35.5. The Labute approximate surface area is 213 Å². The van der Waals surface area contributed by atoms with E-state index in [1.807, 2.05) is 6.07 Å². The average Bonchev–Trinajstić information content (AvgIpc) is 3.34. The van der Waals surface area contributed by atoms with Crippen LogP contribution in [0.5, 0.6) is 17.2 Å². The normalized spacial score (nSPS) is 20.6. The summed E-state index contributed by atoms with van der Waals surface area (Å²) in [5.41, 5.74) is 2.44. The van der Waals surface area contributed by atoms with Crippen LogP contribution in [0, 0.1) is 0 Å². The second-order valence-corrected chi connectivity index (χ2v) is 9.45. The molecular weight excluding hydrogens is 482 g/mol. The Morgan fingerprint density at radius 3 is 2.53 bits per heavy atom. The molecular formula is C28H26ClNO6. The maximum absolute atomic E-state index is 12.8. The lowest BCUT2D eigenvalue weighted by atomic mass is 9.98. The van der Waals surface area contributed by atoms with E-state index < -0.39 is 12.3 Å². The van der Waals surface area contributed by atoms with Gasteiger partial charge >= 0.3 is 6.16 Å². The predicted octanol–water partition coefficient (Wildman–Crippen LogP) is 6.72. The third-order valence-corrected chi connectivity index (χ3v) is 6.97. The first-order valence-electron chi connectivity index (χ1n) is 12.0. The Morgan fingerprint density at radius 2 is 1.78 bits per heavy atom. The van der Waals surface area contributed by atoms with Gasteiger partial charge in [0, 0.05) is 29.7 Å². The second-order valence-electron chi connectivity index (χ2n) is 9.05. The highest BCUT2D eigenvalue weighted by Crippen LogP contribution is 2.42. The molecule has 3 unspecified atom stereocenters. The molecule has 1 amide bonds. The molecule has 2 N–H and O–H groups in total. The van der Waals surface area contributed by atoms with Crippen LogP contribution in [0.2, 0.25) is 5.02 Å². The van der Waals surface area contributed by atoms with Gasteiger partial charge in [-0.05, 0) is 61.1 Å². The van der Waals surface area contributed by atoms with Crippen LogP contribution >= 0.6 is 11.6 Å². The fourth-order valence-electron chi connectivity index (χ4n) is 4.89. The number of rotatable bonds is 6. The van der Waals surface area contributed by atoms with Crippen LogP contribution in [0.25, 0.3) is 0 Å². The van der Waals surface area contributed by atoms with Gasteiger partial charge in [0.15, 0.2) is 0 Å². The zero-order valence-corrected chi connectivity index (χ0v) is 20.2. The molecule has 1 heterocycles. The quantitative estimate of drug-likeness (QED) is 0.360. The number of nitrogens with one attached hydrogen (secondary N) is 1. The van der Waals surface area contributed by atoms with Gasteiger partial charge in [0.05, 0.1) is 11.6 Å². The molecule has 0 aromatic heterocycles. The fourth-order valence-corrected chi connectivity index (χ4v) is 5.10. The second kappa shape index (κ2) is 10.5. The SMILES string of the molecule is O=C(O)OC1CCOc2cc(Oc3ccc(C(=O)NC4CCC(c5ccccc5)C4)cc3)c(Cl)cc21. The van der Waals surface area contributed by atoms with Crippen LogP contribution in [0.1, 0.15) is 59.2 Å². The van der Waals surface area contributed by atoms with Crippen LogP contribution in [-0.4, -0.2) is 29.8 Å². The first-order valence-corrected chi connectivity index (χ1v) is 12.3. The predicted molar refractivity (Wildman–Crippen MR) is 134 cm³/mol. The molecule has 8 heteroatoms. The van der Waals surface area contributed by atoms with E-state index in [-0.39, 0.29) is 11.9 Å². The molecule has 0 bridgehead atoms. The maximum atomic E-state index is 12.8. The van der Waals surface area contributed by atoms with Crippen molar-refractivity contribution in [2.24, 2.45) is 0 Å². The van der Waals surface area contributed by atoms with Crippen molar-refractivity contribution in [2.45, 2.75) is 43.7 Å². The maximum Gasteiger partial charge on any atom is 0.506 e. The van der Waals surface area contributed by atoms with E-state index >= 15 is 0 Å². The summed E-state index contributed by atoms with van der Waals surface area (Å²) in [6.45, 7) is 0.322. The zero-order valence-electron chi connectivity index (χ0n) is 19.5. The molecule has 7 nitrogen and oxygen atoms in total. The molecule has 3 atom stereocenters. The number of hydrogen-bond acceptors (Lipinski definition) is 5. The summed E-state index contributed by atoms with van der Waals surface area (Å²) < 4.78 is 16.5. The Morgan fingerprint density at radius 1 is 1.00 bits per heavy atom. The molecule has 2 aliphatic rings. The van der Waals surface area contributed by atoms with Gasteiger partial charge in [-0.3, -0.25) is 4.79 Å². The summed E-state index contributed by atoms with van der Waals surface area (Å²) in [7, 11) is 0. The van der Waals surface area contributed by atoms with Crippen molar-refractivity contribution in [3.05, 3.63) is 88.4 Å². The molecule has 5 rings (SSSR count). The summed E-state index contributed by atoms with van der Waals surface area (Å²) in [6.07, 6.45) is 1.39. The highest BCUT2D eigenvalue weighted by molar-refractivity contribution is 6.32. The Bertz CT molecular complexity index is 1250. The van der Waals surface area contributed by atoms with E-state index in [1.54, 1.807) is 36.4 Å². The minimum absolute atomic E-state index is 0.107. The van der Waals surface area contributed by atoms with Gasteiger partial charge in [0.1, 0.15) is 23.4 Å².